The number of phenolic OH excluding ortho intramolecular Hbond substituents is 1. The number of ether oxygens (including phenoxy) is 1. The lowest BCUT2D eigenvalue weighted by Crippen LogP contribution is -2.38. The second-order valence-corrected chi connectivity index (χ2v) is 9.03. The summed E-state index contributed by atoms with van der Waals surface area (Å²) in [6.07, 6.45) is 0. The monoisotopic (exact) mass is 419 g/mol. The summed E-state index contributed by atoms with van der Waals surface area (Å²) in [5.74, 6) is -0.323. The third-order valence-corrected chi connectivity index (χ3v) is 6.59. The number of para-hydroxylation sites is 1. The van der Waals surface area contributed by atoms with Gasteiger partial charge < -0.3 is 20.1 Å². The Bertz CT molecular complexity index is 985. The van der Waals surface area contributed by atoms with E-state index in [4.69, 9.17) is 4.74 Å². The number of carbonyl (C=O) groups excluding carboxylic acids is 1. The largest absolute Gasteiger partial charge is 0.508 e. The maximum atomic E-state index is 13.0. The Morgan fingerprint density at radius 3 is 2.52 bits per heavy atom. The number of rotatable bonds is 6. The van der Waals surface area contributed by atoms with E-state index in [0.29, 0.717) is 37.6 Å². The second kappa shape index (κ2) is 8.81. The minimum absolute atomic E-state index is 0.0483. The van der Waals surface area contributed by atoms with Crippen molar-refractivity contribution in [2.75, 3.05) is 45.3 Å². The third-order valence-electron chi connectivity index (χ3n) is 4.77. The zero-order valence-corrected chi connectivity index (χ0v) is 17.3. The summed E-state index contributed by atoms with van der Waals surface area (Å²) in [6.45, 7) is 2.42. The highest BCUT2D eigenvalue weighted by atomic mass is 32.2. The second-order valence-electron chi connectivity index (χ2n) is 6.88. The highest BCUT2D eigenvalue weighted by Crippen LogP contribution is 2.26. The molecule has 0 radical (unpaired) electrons. The van der Waals surface area contributed by atoms with Crippen LogP contribution < -0.4 is 10.2 Å². The Kier molecular flexibility index (Phi) is 6.41. The summed E-state index contributed by atoms with van der Waals surface area (Å²) in [6, 6.07) is 11.3. The van der Waals surface area contributed by atoms with Crippen molar-refractivity contribution < 1.29 is 23.1 Å². The predicted octanol–water partition coefficient (Wildman–Crippen LogP) is 1.41. The van der Waals surface area contributed by atoms with Crippen molar-refractivity contribution in [3.05, 3.63) is 53.6 Å². The molecule has 0 unspecified atom stereocenters. The van der Waals surface area contributed by atoms with Gasteiger partial charge in [-0.2, -0.15) is 0 Å². The molecule has 0 spiro atoms. The first kappa shape index (κ1) is 21.1. The Morgan fingerprint density at radius 2 is 1.86 bits per heavy atom. The van der Waals surface area contributed by atoms with Gasteiger partial charge in [0.05, 0.1) is 23.7 Å². The van der Waals surface area contributed by atoms with E-state index in [1.807, 2.05) is 4.90 Å². The molecule has 1 amide bonds. The van der Waals surface area contributed by atoms with Gasteiger partial charge >= 0.3 is 0 Å². The number of phenols is 1. The third kappa shape index (κ3) is 4.69. The van der Waals surface area contributed by atoms with Crippen molar-refractivity contribution in [2.45, 2.75) is 11.4 Å². The van der Waals surface area contributed by atoms with Gasteiger partial charge in [-0.3, -0.25) is 4.79 Å². The van der Waals surface area contributed by atoms with Crippen molar-refractivity contribution in [1.29, 1.82) is 0 Å². The maximum Gasteiger partial charge on any atom is 0.253 e. The number of sulfonamides is 1. The molecule has 1 heterocycles. The number of benzene rings is 2. The molecule has 2 aromatic carbocycles. The molecule has 0 bridgehead atoms. The average Bonchev–Trinajstić information content (AvgIpc) is 2.73. The molecular weight excluding hydrogens is 394 g/mol. The summed E-state index contributed by atoms with van der Waals surface area (Å²) in [5, 5.41) is 12.7. The smallest absolute Gasteiger partial charge is 0.253 e. The lowest BCUT2D eigenvalue weighted by molar-refractivity contribution is 0.0949. The van der Waals surface area contributed by atoms with Crippen molar-refractivity contribution >= 4 is 21.6 Å². The minimum Gasteiger partial charge on any atom is -0.508 e. The van der Waals surface area contributed by atoms with E-state index in [9.17, 15) is 18.3 Å². The fourth-order valence-electron chi connectivity index (χ4n) is 3.08. The van der Waals surface area contributed by atoms with Gasteiger partial charge in [-0.15, -0.1) is 0 Å². The van der Waals surface area contributed by atoms with E-state index in [-0.39, 0.29) is 22.8 Å². The number of carbonyl (C=O) groups is 1. The van der Waals surface area contributed by atoms with Crippen LogP contribution in [0, 0.1) is 0 Å². The van der Waals surface area contributed by atoms with E-state index < -0.39 is 15.9 Å². The normalized spacial score (nSPS) is 14.8. The number of hydrogen-bond acceptors (Lipinski definition) is 6. The van der Waals surface area contributed by atoms with E-state index in [0.717, 1.165) is 4.31 Å². The van der Waals surface area contributed by atoms with Crippen LogP contribution in [-0.4, -0.2) is 64.1 Å². The molecule has 3 rings (SSSR count). The Morgan fingerprint density at radius 1 is 1.17 bits per heavy atom. The molecule has 2 N–H and O–H groups in total. The van der Waals surface area contributed by atoms with Crippen LogP contribution in [0.15, 0.2) is 47.4 Å². The Hall–Kier alpha value is -2.62. The number of amides is 1. The first-order chi connectivity index (χ1) is 13.8. The van der Waals surface area contributed by atoms with Gasteiger partial charge in [0.2, 0.25) is 10.0 Å². The highest BCUT2D eigenvalue weighted by molar-refractivity contribution is 7.89. The highest BCUT2D eigenvalue weighted by Gasteiger charge is 2.24. The van der Waals surface area contributed by atoms with Crippen LogP contribution in [-0.2, 0) is 21.3 Å². The zero-order valence-electron chi connectivity index (χ0n) is 16.5. The molecule has 1 fully saturated rings. The van der Waals surface area contributed by atoms with E-state index in [2.05, 4.69) is 5.32 Å². The summed E-state index contributed by atoms with van der Waals surface area (Å²) in [7, 11) is -0.789. The lowest BCUT2D eigenvalue weighted by atomic mass is 10.1. The standard InChI is InChI=1S/C20H25N3O5S/c1-22(2)29(26,27)16-7-8-18(23-9-11-28-12-10-23)17(13-16)20(25)21-14-15-5-3-4-6-19(15)24/h3-8,13,24H,9-12,14H2,1-2H3,(H,21,25). The topological polar surface area (TPSA) is 99.2 Å². The minimum atomic E-state index is -3.68. The molecule has 1 aliphatic rings. The van der Waals surface area contributed by atoms with Crippen LogP contribution in [0.3, 0.4) is 0 Å². The van der Waals surface area contributed by atoms with Gasteiger partial charge in [0.25, 0.3) is 5.91 Å². The van der Waals surface area contributed by atoms with Crippen molar-refractivity contribution in [3.63, 3.8) is 0 Å². The van der Waals surface area contributed by atoms with E-state index >= 15 is 0 Å². The molecule has 2 aromatic rings. The molecule has 1 saturated heterocycles. The number of aromatic hydroxyl groups is 1. The van der Waals surface area contributed by atoms with E-state index in [1.165, 1.54) is 26.2 Å². The van der Waals surface area contributed by atoms with Gasteiger partial charge in [-0.1, -0.05) is 18.2 Å². The van der Waals surface area contributed by atoms with Crippen LogP contribution in [0.2, 0.25) is 0 Å². The molecule has 0 saturated carbocycles. The molecule has 9 heteroatoms. The summed E-state index contributed by atoms with van der Waals surface area (Å²) < 4.78 is 31.6. The zero-order chi connectivity index (χ0) is 21.0. The van der Waals surface area contributed by atoms with Crippen LogP contribution in [0.4, 0.5) is 5.69 Å². The van der Waals surface area contributed by atoms with Gasteiger partial charge in [0.15, 0.2) is 0 Å². The molecule has 0 atom stereocenters. The molecule has 1 aliphatic heterocycles. The number of morpholine rings is 1. The van der Waals surface area contributed by atoms with Gasteiger partial charge in [0.1, 0.15) is 5.75 Å². The molecule has 8 nitrogen and oxygen atoms in total. The molecule has 0 aliphatic carbocycles. The van der Waals surface area contributed by atoms with Crippen molar-refractivity contribution in [3.8, 4) is 5.75 Å². The van der Waals surface area contributed by atoms with Gasteiger partial charge in [0, 0.05) is 45.0 Å². The summed E-state index contributed by atoms with van der Waals surface area (Å²) in [5.41, 5.74) is 1.50. The number of hydrogen-bond donors (Lipinski definition) is 2. The van der Waals surface area contributed by atoms with Crippen LogP contribution in [0.5, 0.6) is 5.75 Å². The fraction of sp³-hybridized carbons (Fsp3) is 0.350. The van der Waals surface area contributed by atoms with Crippen LogP contribution in [0.1, 0.15) is 15.9 Å². The van der Waals surface area contributed by atoms with Crippen molar-refractivity contribution in [2.24, 2.45) is 0 Å². The first-order valence-electron chi connectivity index (χ1n) is 9.25. The van der Waals surface area contributed by atoms with Gasteiger partial charge in [-0.25, -0.2) is 12.7 Å². The summed E-state index contributed by atoms with van der Waals surface area (Å²) >= 11 is 0. The molecule has 156 valence electrons. The summed E-state index contributed by atoms with van der Waals surface area (Å²) in [4.78, 5) is 15.0. The first-order valence-corrected chi connectivity index (χ1v) is 10.7. The Labute approximate surface area is 170 Å². The van der Waals surface area contributed by atoms with Gasteiger partial charge in [-0.05, 0) is 24.3 Å². The average molecular weight is 420 g/mol. The van der Waals surface area contributed by atoms with Crippen LogP contribution >= 0.6 is 0 Å². The molecule has 29 heavy (non-hydrogen) atoms. The number of nitrogens with one attached hydrogen (secondary N) is 1. The Balaban J connectivity index is 1.94. The molecular formula is C20H25N3O5S. The van der Waals surface area contributed by atoms with Crippen LogP contribution in [0.25, 0.3) is 0 Å². The predicted molar refractivity (Wildman–Crippen MR) is 110 cm³/mol. The number of nitrogens with zero attached hydrogens (tertiary/aromatic N) is 2. The lowest BCUT2D eigenvalue weighted by Gasteiger charge is -2.30. The quantitative estimate of drug-likeness (QED) is 0.735. The maximum absolute atomic E-state index is 13.0. The number of anilines is 1. The van der Waals surface area contributed by atoms with E-state index in [1.54, 1.807) is 30.3 Å². The SMILES string of the molecule is CN(C)S(=O)(=O)c1ccc(N2CCOCC2)c(C(=O)NCc2ccccc2O)c1. The fourth-order valence-corrected chi connectivity index (χ4v) is 4.01. The van der Waals surface area contributed by atoms with Crippen molar-refractivity contribution in [1.82, 2.24) is 9.62 Å². The molecule has 0 aromatic heterocycles.